The number of halogens is 3. The van der Waals surface area contributed by atoms with Crippen LogP contribution in [0, 0.1) is 0 Å². The molecule has 0 amide bonds. The van der Waals surface area contributed by atoms with Gasteiger partial charge in [-0.1, -0.05) is 17.8 Å². The molecule has 0 aromatic heterocycles. The first kappa shape index (κ1) is 14.6. The van der Waals surface area contributed by atoms with Crippen molar-refractivity contribution in [3.63, 3.8) is 0 Å². The lowest BCUT2D eigenvalue weighted by atomic mass is 10.1. The van der Waals surface area contributed by atoms with Gasteiger partial charge in [-0.15, -0.1) is 0 Å². The molecule has 1 heterocycles. The van der Waals surface area contributed by atoms with Gasteiger partial charge in [-0.25, -0.2) is 0 Å². The second-order valence-electron chi connectivity index (χ2n) is 5.85. The number of hydrogen-bond acceptors (Lipinski definition) is 1. The van der Waals surface area contributed by atoms with Crippen molar-refractivity contribution >= 4 is 21.8 Å². The molecule has 0 fully saturated rings. The normalized spacial score (nSPS) is 21.3. The van der Waals surface area contributed by atoms with E-state index in [9.17, 15) is 13.2 Å². The first-order valence-electron chi connectivity index (χ1n) is 6.12. The lowest BCUT2D eigenvalue weighted by molar-refractivity contribution is -0.137. The Hall–Kier alpha value is -0.856. The zero-order valence-electron chi connectivity index (χ0n) is 11.4. The first-order chi connectivity index (χ1) is 8.51. The minimum Gasteiger partial charge on any atom is -0.449 e. The van der Waals surface area contributed by atoms with Crippen LogP contribution in [-0.2, 0) is 10.3 Å². The fraction of sp³-hybridized carbons (Fsp3) is 0.385. The molecule has 0 unspecified atom stereocenters. The lowest BCUT2D eigenvalue weighted by Crippen LogP contribution is -2.36. The summed E-state index contributed by atoms with van der Waals surface area (Å²) in [6.07, 6.45) is -4.28. The van der Waals surface area contributed by atoms with Crippen molar-refractivity contribution in [1.82, 2.24) is 0 Å². The van der Waals surface area contributed by atoms with E-state index in [1.165, 1.54) is 0 Å². The smallest absolute Gasteiger partial charge is 0.416 e. The summed E-state index contributed by atoms with van der Waals surface area (Å²) in [5.74, 6) is 0. The van der Waals surface area contributed by atoms with E-state index in [1.807, 2.05) is 0 Å². The maximum absolute atomic E-state index is 12.5. The monoisotopic (exact) mass is 302 g/mol. The molecule has 1 aromatic carbocycles. The Morgan fingerprint density at radius 2 is 1.47 bits per heavy atom. The molecule has 104 valence electrons. The van der Waals surface area contributed by atoms with E-state index < -0.39 is 28.4 Å². The quantitative estimate of drug-likeness (QED) is 0.688. The summed E-state index contributed by atoms with van der Waals surface area (Å²) in [6.45, 7) is 8.41. The van der Waals surface area contributed by atoms with Crippen LogP contribution in [-0.4, -0.2) is 16.6 Å². The van der Waals surface area contributed by atoms with E-state index in [0.29, 0.717) is 0 Å². The summed E-state index contributed by atoms with van der Waals surface area (Å²) in [5.41, 5.74) is 2.43. The Kier molecular flexibility index (Phi) is 3.31. The minimum absolute atomic E-state index is 0.605. The average molecular weight is 302 g/mol. The summed E-state index contributed by atoms with van der Waals surface area (Å²) >= 11 is 0. The van der Waals surface area contributed by atoms with Gasteiger partial charge in [0.15, 0.2) is 8.32 Å². The second-order valence-corrected chi connectivity index (χ2v) is 13.7. The molecule has 0 bridgehead atoms. The standard InChI is InChI=1S/C13H17F3OSi2/c1-18(2)9-12(19(3,4)17-18)10-5-7-11(8-6-10)13(14,15)16/h5-9H,1-4H3. The third-order valence-electron chi connectivity index (χ3n) is 3.18. The van der Waals surface area contributed by atoms with Gasteiger partial charge < -0.3 is 4.12 Å². The minimum atomic E-state index is -4.28. The van der Waals surface area contributed by atoms with Crippen LogP contribution >= 0.6 is 0 Å². The van der Waals surface area contributed by atoms with Crippen molar-refractivity contribution < 1.29 is 17.3 Å². The van der Waals surface area contributed by atoms with Crippen molar-refractivity contribution in [2.75, 3.05) is 0 Å². The molecule has 1 aromatic rings. The van der Waals surface area contributed by atoms with Gasteiger partial charge in [0, 0.05) is 0 Å². The van der Waals surface area contributed by atoms with Gasteiger partial charge in [0.2, 0.25) is 8.32 Å². The Morgan fingerprint density at radius 3 is 1.84 bits per heavy atom. The SMILES string of the molecule is C[Si]1(C)C=C(c2ccc(C(F)(F)F)cc2)[Si](C)(C)O1. The summed E-state index contributed by atoms with van der Waals surface area (Å²) in [6, 6.07) is 5.41. The zero-order chi connectivity index (χ0) is 14.5. The lowest BCUT2D eigenvalue weighted by Gasteiger charge is -2.24. The highest BCUT2D eigenvalue weighted by molar-refractivity contribution is 7.03. The van der Waals surface area contributed by atoms with Gasteiger partial charge in [0.1, 0.15) is 0 Å². The summed E-state index contributed by atoms with van der Waals surface area (Å²) in [7, 11) is -3.76. The molecule has 0 spiro atoms. The molecule has 0 radical (unpaired) electrons. The van der Waals surface area contributed by atoms with Crippen molar-refractivity contribution in [1.29, 1.82) is 0 Å². The largest absolute Gasteiger partial charge is 0.449 e. The average Bonchev–Trinajstić information content (AvgIpc) is 2.45. The van der Waals surface area contributed by atoms with E-state index in [1.54, 1.807) is 12.1 Å². The third kappa shape index (κ3) is 3.01. The zero-order valence-corrected chi connectivity index (χ0v) is 13.4. The molecule has 2 rings (SSSR count). The van der Waals surface area contributed by atoms with Crippen LogP contribution in [0.5, 0.6) is 0 Å². The van der Waals surface area contributed by atoms with E-state index in [2.05, 4.69) is 31.9 Å². The van der Waals surface area contributed by atoms with Crippen LogP contribution in [0.4, 0.5) is 13.2 Å². The van der Waals surface area contributed by atoms with Crippen LogP contribution in [0.3, 0.4) is 0 Å². The molecule has 0 aliphatic carbocycles. The topological polar surface area (TPSA) is 9.23 Å². The second kappa shape index (κ2) is 4.32. The number of alkyl halides is 3. The van der Waals surface area contributed by atoms with E-state index >= 15 is 0 Å². The summed E-state index contributed by atoms with van der Waals surface area (Å²) in [5, 5.41) is 1.12. The van der Waals surface area contributed by atoms with E-state index in [4.69, 9.17) is 4.12 Å². The predicted octanol–water partition coefficient (Wildman–Crippen LogP) is 4.61. The van der Waals surface area contributed by atoms with Gasteiger partial charge in [0.25, 0.3) is 0 Å². The number of hydrogen-bond donors (Lipinski definition) is 0. The van der Waals surface area contributed by atoms with Gasteiger partial charge in [0.05, 0.1) is 5.56 Å². The Labute approximate surface area is 113 Å². The van der Waals surface area contributed by atoms with Crippen molar-refractivity contribution in [2.24, 2.45) is 0 Å². The van der Waals surface area contributed by atoms with Gasteiger partial charge >= 0.3 is 6.18 Å². The van der Waals surface area contributed by atoms with Gasteiger partial charge in [-0.3, -0.25) is 0 Å². The number of benzene rings is 1. The number of rotatable bonds is 1. The maximum Gasteiger partial charge on any atom is 0.416 e. The molecule has 1 aliphatic rings. The van der Waals surface area contributed by atoms with Gasteiger partial charge in [-0.05, 0) is 49.1 Å². The molecular formula is C13H17F3OSi2. The fourth-order valence-electron chi connectivity index (χ4n) is 2.53. The van der Waals surface area contributed by atoms with Crippen LogP contribution in [0.15, 0.2) is 30.0 Å². The highest BCUT2D eigenvalue weighted by Crippen LogP contribution is 2.38. The summed E-state index contributed by atoms with van der Waals surface area (Å²) < 4.78 is 43.8. The predicted molar refractivity (Wildman–Crippen MR) is 75.5 cm³/mol. The third-order valence-corrected chi connectivity index (χ3v) is 10.3. The highest BCUT2D eigenvalue weighted by Gasteiger charge is 2.42. The van der Waals surface area contributed by atoms with Crippen LogP contribution in [0.25, 0.3) is 5.20 Å². The highest BCUT2D eigenvalue weighted by atomic mass is 28.4. The molecule has 0 saturated heterocycles. The van der Waals surface area contributed by atoms with E-state index in [-0.39, 0.29) is 0 Å². The van der Waals surface area contributed by atoms with E-state index in [0.717, 1.165) is 22.9 Å². The molecule has 0 N–H and O–H groups in total. The molecule has 6 heteroatoms. The molecule has 0 saturated carbocycles. The van der Waals surface area contributed by atoms with Crippen LogP contribution < -0.4 is 0 Å². The van der Waals surface area contributed by atoms with Crippen LogP contribution in [0.1, 0.15) is 11.1 Å². The Balaban J connectivity index is 2.38. The van der Waals surface area contributed by atoms with Crippen molar-refractivity contribution in [2.45, 2.75) is 32.4 Å². The molecule has 19 heavy (non-hydrogen) atoms. The molecule has 1 aliphatic heterocycles. The first-order valence-corrected chi connectivity index (χ1v) is 12.0. The summed E-state index contributed by atoms with van der Waals surface area (Å²) in [4.78, 5) is 0. The molecular weight excluding hydrogens is 285 g/mol. The van der Waals surface area contributed by atoms with Gasteiger partial charge in [-0.2, -0.15) is 13.2 Å². The molecule has 1 nitrogen and oxygen atoms in total. The van der Waals surface area contributed by atoms with Crippen molar-refractivity contribution in [3.8, 4) is 0 Å². The van der Waals surface area contributed by atoms with Crippen molar-refractivity contribution in [3.05, 3.63) is 41.1 Å². The Morgan fingerprint density at radius 1 is 0.947 bits per heavy atom. The maximum atomic E-state index is 12.5. The molecule has 0 atom stereocenters. The fourth-order valence-corrected chi connectivity index (χ4v) is 12.6. The van der Waals surface area contributed by atoms with Crippen LogP contribution in [0.2, 0.25) is 26.2 Å². The Bertz CT molecular complexity index is 516.